The Balaban J connectivity index is 1.63. The van der Waals surface area contributed by atoms with E-state index in [1.165, 1.54) is 29.3 Å². The van der Waals surface area contributed by atoms with Crippen molar-refractivity contribution in [1.29, 1.82) is 0 Å². The summed E-state index contributed by atoms with van der Waals surface area (Å²) in [6.07, 6.45) is 0. The molecule has 0 radical (unpaired) electrons. The highest BCUT2D eigenvalue weighted by Crippen LogP contribution is 2.29. The highest BCUT2D eigenvalue weighted by atomic mass is 79.9. The minimum Gasteiger partial charge on any atom is -0.306 e. The van der Waals surface area contributed by atoms with Crippen LogP contribution in [-0.2, 0) is 0 Å². The molecule has 1 aliphatic heterocycles. The Kier molecular flexibility index (Phi) is 5.40. The standard InChI is InChI=1S/C22H16BrF2N3O/c23-16-5-11-19(12-6-16)26-22(29)28-13-20(14-1-7-17(24)8-2-14)21(27-28)15-3-9-18(25)10-4-15/h1-12,20H,13H2,(H,26,29). The van der Waals surface area contributed by atoms with Gasteiger partial charge < -0.3 is 5.32 Å². The predicted molar refractivity (Wildman–Crippen MR) is 112 cm³/mol. The van der Waals surface area contributed by atoms with E-state index in [1.807, 2.05) is 12.1 Å². The Hall–Kier alpha value is -3.06. The van der Waals surface area contributed by atoms with Gasteiger partial charge in [-0.05, 0) is 59.7 Å². The molecular weight excluding hydrogens is 440 g/mol. The van der Waals surface area contributed by atoms with Gasteiger partial charge in [0, 0.05) is 16.1 Å². The number of carbonyl (C=O) groups excluding carboxylic acids is 1. The van der Waals surface area contributed by atoms with E-state index in [0.29, 0.717) is 23.5 Å². The lowest BCUT2D eigenvalue weighted by molar-refractivity contribution is 0.218. The molecule has 0 aliphatic carbocycles. The van der Waals surface area contributed by atoms with Gasteiger partial charge in [0.25, 0.3) is 0 Å². The molecular formula is C22H16BrF2N3O. The van der Waals surface area contributed by atoms with Crippen LogP contribution in [0.1, 0.15) is 17.0 Å². The normalized spacial score (nSPS) is 15.9. The molecule has 0 aromatic heterocycles. The quantitative estimate of drug-likeness (QED) is 0.535. The fourth-order valence-electron chi connectivity index (χ4n) is 3.19. The number of halogens is 3. The summed E-state index contributed by atoms with van der Waals surface area (Å²) in [5, 5.41) is 8.65. The summed E-state index contributed by atoms with van der Waals surface area (Å²) in [6, 6.07) is 18.9. The molecule has 1 N–H and O–H groups in total. The number of carbonyl (C=O) groups is 1. The minimum absolute atomic E-state index is 0.253. The van der Waals surface area contributed by atoms with Crippen molar-refractivity contribution in [2.75, 3.05) is 11.9 Å². The van der Waals surface area contributed by atoms with E-state index in [1.54, 1.807) is 36.4 Å². The second-order valence-electron chi connectivity index (χ2n) is 6.62. The zero-order chi connectivity index (χ0) is 20.4. The first-order valence-electron chi connectivity index (χ1n) is 8.93. The van der Waals surface area contributed by atoms with Crippen LogP contribution in [-0.4, -0.2) is 23.3 Å². The van der Waals surface area contributed by atoms with E-state index in [2.05, 4.69) is 26.3 Å². The van der Waals surface area contributed by atoms with Crippen molar-refractivity contribution in [2.24, 2.45) is 5.10 Å². The van der Waals surface area contributed by atoms with Gasteiger partial charge >= 0.3 is 6.03 Å². The summed E-state index contributed by atoms with van der Waals surface area (Å²) in [5.74, 6) is -0.941. The van der Waals surface area contributed by atoms with Crippen LogP contribution < -0.4 is 5.32 Å². The summed E-state index contributed by atoms with van der Waals surface area (Å²) >= 11 is 3.36. The number of hydrazone groups is 1. The van der Waals surface area contributed by atoms with E-state index >= 15 is 0 Å². The molecule has 1 unspecified atom stereocenters. The molecule has 0 fully saturated rings. The molecule has 1 atom stereocenters. The molecule has 0 saturated heterocycles. The third-order valence-electron chi connectivity index (χ3n) is 4.66. The maximum atomic E-state index is 13.4. The highest BCUT2D eigenvalue weighted by molar-refractivity contribution is 9.10. The number of hydrogen-bond acceptors (Lipinski definition) is 2. The SMILES string of the molecule is O=C(Nc1ccc(Br)cc1)N1CC(c2ccc(F)cc2)C(c2ccc(F)cc2)=N1. The molecule has 1 aliphatic rings. The molecule has 0 spiro atoms. The number of benzene rings is 3. The molecule has 0 saturated carbocycles. The summed E-state index contributed by atoms with van der Waals surface area (Å²) in [4.78, 5) is 12.7. The van der Waals surface area contributed by atoms with Crippen LogP contribution in [0.3, 0.4) is 0 Å². The van der Waals surface area contributed by atoms with Gasteiger partial charge in [-0.3, -0.25) is 0 Å². The third kappa shape index (κ3) is 4.35. The van der Waals surface area contributed by atoms with Crippen LogP contribution in [0.15, 0.2) is 82.4 Å². The van der Waals surface area contributed by atoms with Gasteiger partial charge in [0.15, 0.2) is 0 Å². The summed E-state index contributed by atoms with van der Waals surface area (Å²) < 4.78 is 27.6. The maximum Gasteiger partial charge on any atom is 0.342 e. The van der Waals surface area contributed by atoms with Crippen LogP contribution in [0.5, 0.6) is 0 Å². The maximum absolute atomic E-state index is 13.4. The van der Waals surface area contributed by atoms with E-state index in [0.717, 1.165) is 10.0 Å². The van der Waals surface area contributed by atoms with Gasteiger partial charge in [-0.2, -0.15) is 5.10 Å². The molecule has 146 valence electrons. The molecule has 4 rings (SSSR count). The van der Waals surface area contributed by atoms with Crippen molar-refractivity contribution in [1.82, 2.24) is 5.01 Å². The lowest BCUT2D eigenvalue weighted by Crippen LogP contribution is -2.30. The van der Waals surface area contributed by atoms with Crippen molar-refractivity contribution in [3.8, 4) is 0 Å². The van der Waals surface area contributed by atoms with Crippen LogP contribution in [0.2, 0.25) is 0 Å². The van der Waals surface area contributed by atoms with Crippen molar-refractivity contribution >= 4 is 33.4 Å². The number of nitrogens with zero attached hydrogens (tertiary/aromatic N) is 2. The summed E-state index contributed by atoms with van der Waals surface area (Å²) in [7, 11) is 0. The number of amides is 2. The summed E-state index contributed by atoms with van der Waals surface area (Å²) in [5.41, 5.74) is 2.80. The topological polar surface area (TPSA) is 44.7 Å². The fraction of sp³-hybridized carbons (Fsp3) is 0.0909. The number of hydrogen-bond donors (Lipinski definition) is 1. The zero-order valence-electron chi connectivity index (χ0n) is 15.1. The van der Waals surface area contributed by atoms with E-state index in [-0.39, 0.29) is 23.6 Å². The second-order valence-corrected chi connectivity index (χ2v) is 7.53. The Morgan fingerprint density at radius 3 is 2.14 bits per heavy atom. The molecule has 3 aromatic carbocycles. The minimum atomic E-state index is -0.378. The second kappa shape index (κ2) is 8.13. The van der Waals surface area contributed by atoms with Crippen LogP contribution in [0, 0.1) is 11.6 Å². The average molecular weight is 456 g/mol. The van der Waals surface area contributed by atoms with Gasteiger partial charge in [0.1, 0.15) is 11.6 Å². The smallest absolute Gasteiger partial charge is 0.306 e. The number of rotatable bonds is 3. The molecule has 2 amide bonds. The van der Waals surface area contributed by atoms with E-state index in [9.17, 15) is 13.6 Å². The molecule has 4 nitrogen and oxygen atoms in total. The third-order valence-corrected chi connectivity index (χ3v) is 5.18. The van der Waals surface area contributed by atoms with E-state index < -0.39 is 0 Å². The van der Waals surface area contributed by atoms with Crippen LogP contribution in [0.25, 0.3) is 0 Å². The van der Waals surface area contributed by atoms with Crippen LogP contribution >= 0.6 is 15.9 Å². The monoisotopic (exact) mass is 455 g/mol. The van der Waals surface area contributed by atoms with Gasteiger partial charge in [0.2, 0.25) is 0 Å². The fourth-order valence-corrected chi connectivity index (χ4v) is 3.45. The van der Waals surface area contributed by atoms with Crippen LogP contribution in [0.4, 0.5) is 19.3 Å². The van der Waals surface area contributed by atoms with Crippen molar-refractivity contribution in [3.05, 3.63) is 100 Å². The lowest BCUT2D eigenvalue weighted by Gasteiger charge is -2.16. The largest absolute Gasteiger partial charge is 0.342 e. The Morgan fingerprint density at radius 2 is 1.52 bits per heavy atom. The van der Waals surface area contributed by atoms with Crippen molar-refractivity contribution < 1.29 is 13.6 Å². The molecule has 7 heteroatoms. The van der Waals surface area contributed by atoms with Crippen molar-refractivity contribution in [2.45, 2.75) is 5.92 Å². The van der Waals surface area contributed by atoms with Gasteiger partial charge in [-0.1, -0.05) is 40.2 Å². The number of anilines is 1. The Labute approximate surface area is 175 Å². The first-order chi connectivity index (χ1) is 14.0. The Morgan fingerprint density at radius 1 is 0.931 bits per heavy atom. The molecule has 3 aromatic rings. The van der Waals surface area contributed by atoms with E-state index in [4.69, 9.17) is 0 Å². The summed E-state index contributed by atoms with van der Waals surface area (Å²) in [6.45, 7) is 0.292. The lowest BCUT2D eigenvalue weighted by atomic mass is 9.90. The molecule has 0 bridgehead atoms. The van der Waals surface area contributed by atoms with Gasteiger partial charge in [0.05, 0.1) is 12.3 Å². The van der Waals surface area contributed by atoms with Gasteiger partial charge in [-0.25, -0.2) is 18.6 Å². The van der Waals surface area contributed by atoms with Crippen molar-refractivity contribution in [3.63, 3.8) is 0 Å². The zero-order valence-corrected chi connectivity index (χ0v) is 16.7. The highest BCUT2D eigenvalue weighted by Gasteiger charge is 2.32. The molecule has 29 heavy (non-hydrogen) atoms. The first kappa shape index (κ1) is 19.3. The first-order valence-corrected chi connectivity index (χ1v) is 9.73. The molecule has 1 heterocycles. The number of nitrogens with one attached hydrogen (secondary N) is 1. The average Bonchev–Trinajstić information content (AvgIpc) is 3.16. The Bertz CT molecular complexity index is 1050. The predicted octanol–water partition coefficient (Wildman–Crippen LogP) is 5.76. The van der Waals surface area contributed by atoms with Gasteiger partial charge in [-0.15, -0.1) is 0 Å². The number of urea groups is 1.